The summed E-state index contributed by atoms with van der Waals surface area (Å²) in [6.07, 6.45) is 8.38. The molecule has 0 spiro atoms. The van der Waals surface area contributed by atoms with Crippen molar-refractivity contribution in [1.82, 2.24) is 10.2 Å². The number of amides is 1. The van der Waals surface area contributed by atoms with Gasteiger partial charge in [-0.2, -0.15) is 0 Å². The molecular weight excluding hydrogens is 476 g/mol. The van der Waals surface area contributed by atoms with Crippen molar-refractivity contribution in [2.24, 2.45) is 5.92 Å². The molecule has 6 nitrogen and oxygen atoms in total. The van der Waals surface area contributed by atoms with Crippen LogP contribution in [-0.2, 0) is 4.79 Å². The molecule has 1 aliphatic carbocycles. The van der Waals surface area contributed by atoms with E-state index in [9.17, 15) is 14.7 Å². The minimum absolute atomic E-state index is 0.0967. The van der Waals surface area contributed by atoms with Gasteiger partial charge in [0.15, 0.2) is 0 Å². The summed E-state index contributed by atoms with van der Waals surface area (Å²) in [6.45, 7) is 2.56. The zero-order valence-electron chi connectivity index (χ0n) is 21.8. The normalized spacial score (nSPS) is 18.4. The van der Waals surface area contributed by atoms with Gasteiger partial charge >= 0.3 is 5.97 Å². The first kappa shape index (κ1) is 26.0. The largest absolute Gasteiger partial charge is 0.489 e. The van der Waals surface area contributed by atoms with Gasteiger partial charge in [0.25, 0.3) is 0 Å². The lowest BCUT2D eigenvalue weighted by Gasteiger charge is -2.34. The van der Waals surface area contributed by atoms with E-state index in [-0.39, 0.29) is 23.4 Å². The van der Waals surface area contributed by atoms with Crippen molar-refractivity contribution in [3.63, 3.8) is 0 Å². The summed E-state index contributed by atoms with van der Waals surface area (Å²) in [5.41, 5.74) is 2.13. The second-order valence-corrected chi connectivity index (χ2v) is 10.4. The van der Waals surface area contributed by atoms with Crippen LogP contribution in [0.1, 0.15) is 54.4 Å². The predicted molar refractivity (Wildman–Crippen MR) is 150 cm³/mol. The van der Waals surface area contributed by atoms with Crippen LogP contribution >= 0.6 is 0 Å². The van der Waals surface area contributed by atoms with Crippen molar-refractivity contribution in [3.05, 3.63) is 83.4 Å². The molecule has 1 saturated heterocycles. The number of benzene rings is 3. The molecule has 0 bridgehead atoms. The molecule has 2 N–H and O–H groups in total. The highest BCUT2D eigenvalue weighted by Crippen LogP contribution is 2.29. The van der Waals surface area contributed by atoms with Crippen LogP contribution < -0.4 is 10.1 Å². The maximum atomic E-state index is 13.8. The summed E-state index contributed by atoms with van der Waals surface area (Å²) < 4.78 is 6.39. The fourth-order valence-electron chi connectivity index (χ4n) is 5.68. The number of nitrogens with zero attached hydrogens (tertiary/aromatic N) is 1. The topological polar surface area (TPSA) is 78.9 Å². The molecule has 2 aliphatic rings. The van der Waals surface area contributed by atoms with Gasteiger partial charge in [-0.15, -0.1) is 0 Å². The van der Waals surface area contributed by atoms with Gasteiger partial charge in [0.1, 0.15) is 12.4 Å². The van der Waals surface area contributed by atoms with Crippen LogP contribution in [0.2, 0.25) is 0 Å². The minimum atomic E-state index is -0.946. The van der Waals surface area contributed by atoms with E-state index in [2.05, 4.69) is 28.4 Å². The molecule has 1 unspecified atom stereocenters. The van der Waals surface area contributed by atoms with Gasteiger partial charge in [0.2, 0.25) is 5.91 Å². The smallest absolute Gasteiger partial charge is 0.335 e. The number of aromatic carboxylic acids is 1. The predicted octanol–water partition coefficient (Wildman–Crippen LogP) is 5.77. The molecule has 198 valence electrons. The number of hydrogen-bond acceptors (Lipinski definition) is 4. The van der Waals surface area contributed by atoms with E-state index < -0.39 is 5.97 Å². The summed E-state index contributed by atoms with van der Waals surface area (Å²) in [7, 11) is 0. The molecule has 38 heavy (non-hydrogen) atoms. The number of hydrogen-bond donors (Lipinski definition) is 2. The van der Waals surface area contributed by atoms with Crippen molar-refractivity contribution in [3.8, 4) is 5.75 Å². The van der Waals surface area contributed by atoms with Crippen LogP contribution in [0.5, 0.6) is 5.75 Å². The lowest BCUT2D eigenvalue weighted by atomic mass is 9.87. The van der Waals surface area contributed by atoms with Crippen LogP contribution in [-0.4, -0.2) is 54.2 Å². The van der Waals surface area contributed by atoms with E-state index in [1.807, 2.05) is 42.5 Å². The highest BCUT2D eigenvalue weighted by atomic mass is 16.5. The third-order valence-electron chi connectivity index (χ3n) is 7.78. The number of carboxylic acids is 1. The minimum Gasteiger partial charge on any atom is -0.489 e. The standard InChI is InChI=1S/C32H36N2O4/c35-31(26-8-2-1-3-9-26)34(28-17-18-33-20-28)21-24(19-23-13-15-27(16-14-23)32(36)37)22-38-30-12-6-10-25-7-4-5-11-29(25)30/h4-7,10-16,19,26,28,33H,1-3,8-9,17-18,20-22H2,(H,36,37)/b24-19+. The van der Waals surface area contributed by atoms with Crippen molar-refractivity contribution < 1.29 is 19.4 Å². The Bertz CT molecular complexity index is 1280. The Kier molecular flexibility index (Phi) is 8.39. The van der Waals surface area contributed by atoms with E-state index in [1.165, 1.54) is 6.42 Å². The second kappa shape index (κ2) is 12.3. The van der Waals surface area contributed by atoms with Gasteiger partial charge in [0, 0.05) is 30.4 Å². The molecular formula is C32H36N2O4. The molecule has 1 saturated carbocycles. The number of nitrogens with one attached hydrogen (secondary N) is 1. The van der Waals surface area contributed by atoms with Gasteiger partial charge < -0.3 is 20.1 Å². The van der Waals surface area contributed by atoms with Gasteiger partial charge in [-0.3, -0.25) is 4.79 Å². The first-order chi connectivity index (χ1) is 18.6. The number of ether oxygens (including phenoxy) is 1. The monoisotopic (exact) mass is 512 g/mol. The number of carboxylic acid groups (broad SMARTS) is 1. The third kappa shape index (κ3) is 6.25. The van der Waals surface area contributed by atoms with E-state index >= 15 is 0 Å². The second-order valence-electron chi connectivity index (χ2n) is 10.4. The number of carbonyl (C=O) groups excluding carboxylic acids is 1. The fraction of sp³-hybridized carbons (Fsp3) is 0.375. The maximum absolute atomic E-state index is 13.8. The molecule has 6 heteroatoms. The van der Waals surface area contributed by atoms with Crippen LogP contribution in [0.4, 0.5) is 0 Å². The van der Waals surface area contributed by atoms with Crippen LogP contribution in [0.25, 0.3) is 16.8 Å². The SMILES string of the molecule is O=C(O)c1ccc(/C=C(/COc2cccc3ccccc23)CN(C(=O)C2CCCCC2)C2CCNC2)cc1. The maximum Gasteiger partial charge on any atom is 0.335 e. The average molecular weight is 513 g/mol. The summed E-state index contributed by atoms with van der Waals surface area (Å²) in [4.78, 5) is 27.2. The van der Waals surface area contributed by atoms with Gasteiger partial charge in [-0.25, -0.2) is 4.79 Å². The van der Waals surface area contributed by atoms with Crippen LogP contribution in [0.3, 0.4) is 0 Å². The quantitative estimate of drug-likeness (QED) is 0.381. The Morgan fingerprint density at radius 1 is 0.947 bits per heavy atom. The highest BCUT2D eigenvalue weighted by molar-refractivity contribution is 5.88. The van der Waals surface area contributed by atoms with E-state index in [0.29, 0.717) is 13.2 Å². The summed E-state index contributed by atoms with van der Waals surface area (Å²) in [5, 5.41) is 14.9. The molecule has 1 atom stereocenters. The van der Waals surface area contributed by atoms with Crippen molar-refractivity contribution in [2.75, 3.05) is 26.2 Å². The first-order valence-electron chi connectivity index (χ1n) is 13.7. The fourth-order valence-corrected chi connectivity index (χ4v) is 5.68. The van der Waals surface area contributed by atoms with E-state index in [4.69, 9.17) is 4.74 Å². The average Bonchev–Trinajstić information content (AvgIpc) is 3.49. The number of rotatable bonds is 9. The highest BCUT2D eigenvalue weighted by Gasteiger charge is 2.32. The van der Waals surface area contributed by atoms with Crippen LogP contribution in [0, 0.1) is 5.92 Å². The zero-order valence-corrected chi connectivity index (χ0v) is 21.8. The molecule has 1 amide bonds. The molecule has 2 fully saturated rings. The Labute approximate surface area is 224 Å². The van der Waals surface area contributed by atoms with Gasteiger partial charge in [-0.1, -0.05) is 73.9 Å². The van der Waals surface area contributed by atoms with Crippen molar-refractivity contribution in [1.29, 1.82) is 0 Å². The zero-order chi connectivity index (χ0) is 26.3. The van der Waals surface area contributed by atoms with Crippen molar-refractivity contribution >= 4 is 28.7 Å². The third-order valence-corrected chi connectivity index (χ3v) is 7.78. The number of carbonyl (C=O) groups is 2. The van der Waals surface area contributed by atoms with E-state index in [0.717, 1.165) is 72.9 Å². The Hall–Kier alpha value is -3.64. The molecule has 3 aromatic carbocycles. The van der Waals surface area contributed by atoms with Gasteiger partial charge in [0.05, 0.1) is 5.56 Å². The molecule has 1 heterocycles. The molecule has 0 aromatic heterocycles. The molecule has 0 radical (unpaired) electrons. The molecule has 3 aromatic rings. The van der Waals surface area contributed by atoms with E-state index in [1.54, 1.807) is 12.1 Å². The number of fused-ring (bicyclic) bond motifs is 1. The first-order valence-corrected chi connectivity index (χ1v) is 13.7. The van der Waals surface area contributed by atoms with Crippen molar-refractivity contribution in [2.45, 2.75) is 44.6 Å². The molecule has 5 rings (SSSR count). The van der Waals surface area contributed by atoms with Crippen LogP contribution in [0.15, 0.2) is 72.3 Å². The Balaban J connectivity index is 1.43. The summed E-state index contributed by atoms with van der Waals surface area (Å²) in [5.74, 6) is 0.219. The molecule has 1 aliphatic heterocycles. The van der Waals surface area contributed by atoms with Gasteiger partial charge in [-0.05, 0) is 60.5 Å². The lowest BCUT2D eigenvalue weighted by molar-refractivity contribution is -0.138. The Morgan fingerprint density at radius 3 is 2.45 bits per heavy atom. The summed E-state index contributed by atoms with van der Waals surface area (Å²) >= 11 is 0. The lowest BCUT2D eigenvalue weighted by Crippen LogP contribution is -2.46. The summed E-state index contributed by atoms with van der Waals surface area (Å²) in [6, 6.07) is 21.2. The Morgan fingerprint density at radius 2 is 1.71 bits per heavy atom.